The van der Waals surface area contributed by atoms with E-state index in [1.165, 1.54) is 57.8 Å². The lowest BCUT2D eigenvalue weighted by Gasteiger charge is -2.15. The number of carbonyl (C=O) groups is 18. The van der Waals surface area contributed by atoms with Crippen LogP contribution in [0.5, 0.6) is 0 Å². The van der Waals surface area contributed by atoms with Crippen LogP contribution in [-0.2, 0) is 6.42 Å². The van der Waals surface area contributed by atoms with Crippen LogP contribution >= 0.6 is 0 Å². The molecule has 1 unspecified atom stereocenters. The van der Waals surface area contributed by atoms with Gasteiger partial charge in [-0.25, -0.2) is 91.3 Å². The maximum absolute atomic E-state index is 11.2. The third-order valence-electron chi connectivity index (χ3n) is 12.2. The second-order valence-electron chi connectivity index (χ2n) is 17.9. The predicted octanol–water partition coefficient (Wildman–Crippen LogP) is 4.67. The van der Waals surface area contributed by atoms with Crippen molar-refractivity contribution in [2.45, 2.75) is 84.1 Å². The van der Waals surface area contributed by atoms with E-state index < -0.39 is 208 Å². The summed E-state index contributed by atoms with van der Waals surface area (Å²) in [6.45, 7) is 4.18. The Morgan fingerprint density at radius 3 is 0.609 bits per heavy atom. The van der Waals surface area contributed by atoms with E-state index in [2.05, 4.69) is 18.0 Å². The van der Waals surface area contributed by atoms with Gasteiger partial charge in [0.2, 0.25) is 0 Å². The van der Waals surface area contributed by atoms with Crippen molar-refractivity contribution in [2.24, 2.45) is 0 Å². The van der Waals surface area contributed by atoms with Crippen molar-refractivity contribution in [3.05, 3.63) is 118 Å². The molecule has 0 saturated carbocycles. The highest BCUT2D eigenvalue weighted by Gasteiger charge is 2.44. The Kier molecular flexibility index (Phi) is 27.6. The quantitative estimate of drug-likeness (QED) is 0.0328. The van der Waals surface area contributed by atoms with Crippen LogP contribution in [0.2, 0.25) is 0 Å². The van der Waals surface area contributed by atoms with Crippen LogP contribution in [0.25, 0.3) is 0 Å². The third kappa shape index (κ3) is 17.7. The number of nitrogens with zero attached hydrogens (tertiary/aromatic N) is 3. The smallest absolute Gasteiger partial charge is 0.337 e. The molecule has 0 amide bonds. The van der Waals surface area contributed by atoms with E-state index in [4.69, 9.17) is 97.2 Å². The van der Waals surface area contributed by atoms with E-state index in [1.54, 1.807) is 6.20 Å². The van der Waals surface area contributed by atoms with Crippen molar-refractivity contribution >= 4 is 107 Å². The number of hydrogen-bond acceptors (Lipinski definition) is 20. The summed E-state index contributed by atoms with van der Waals surface area (Å²) >= 11 is 0. The number of benzene rings is 3. The fourth-order valence-electron chi connectivity index (χ4n) is 8.65. The van der Waals surface area contributed by atoms with Crippen molar-refractivity contribution in [1.82, 2.24) is 9.55 Å². The second-order valence-corrected chi connectivity index (χ2v) is 17.9. The largest absolute Gasteiger partial charge is 0.478 e. The molecule has 0 saturated heterocycles. The SMILES string of the molecule is CCCCCCCCCCCc1nccn1C(C)C#N.O=C(O)c1c(C(=O)O)c(C(=O)O)c(C(=O)O)c(C(=O)O)c1C(=O)O.O=C(O)c1c(C(=O)O)c(C(=O)O)c(C(=O)O)c(C(=O)O)c1C(=O)O.O=C(O)c1c(C(=O)O)c(C(=O)O)c(C(=O)O)c(C(=O)O)c1C(=O)O. The summed E-state index contributed by atoms with van der Waals surface area (Å²) in [4.78, 5) is 206. The van der Waals surface area contributed by atoms with Gasteiger partial charge in [-0.3, -0.25) is 0 Å². The van der Waals surface area contributed by atoms with Gasteiger partial charge in [-0.15, -0.1) is 0 Å². The Hall–Kier alpha value is -13.2. The van der Waals surface area contributed by atoms with Crippen molar-refractivity contribution in [3.63, 3.8) is 0 Å². The zero-order valence-electron chi connectivity index (χ0n) is 46.5. The molecule has 490 valence electrons. The number of nitriles is 1. The van der Waals surface area contributed by atoms with Gasteiger partial charge in [-0.05, 0) is 13.3 Å². The summed E-state index contributed by atoms with van der Waals surface area (Å²) in [7, 11) is 0. The monoisotopic (exact) mass is 1300 g/mol. The third-order valence-corrected chi connectivity index (χ3v) is 12.2. The standard InChI is InChI=1S/C17H29N3.3C12H6O12/c1-3-4-5-6-7-8-9-10-11-12-17-19-13-14-20(17)16(2)15-18;3*13-7(14)1-2(8(15)16)4(10(19)20)6(12(23)24)5(11(21)22)3(1)9(17)18/h13-14,16H,3-12H2,1-2H3;3*(H,13,14)(H,15,16)(H,17,18)(H,19,20)(H,21,22)(H,23,24). The molecule has 3 aromatic carbocycles. The Morgan fingerprint density at radius 1 is 0.315 bits per heavy atom. The first-order valence-corrected chi connectivity index (χ1v) is 24.9. The van der Waals surface area contributed by atoms with E-state index in [9.17, 15) is 86.3 Å². The molecule has 18 N–H and O–H groups in total. The Bertz CT molecular complexity index is 2950. The zero-order chi connectivity index (χ0) is 71.4. The van der Waals surface area contributed by atoms with Crippen LogP contribution < -0.4 is 0 Å². The van der Waals surface area contributed by atoms with Crippen molar-refractivity contribution in [3.8, 4) is 6.07 Å². The molecule has 1 aromatic heterocycles. The van der Waals surface area contributed by atoms with Gasteiger partial charge in [0.05, 0.1) is 106 Å². The minimum atomic E-state index is -2.26. The van der Waals surface area contributed by atoms with Gasteiger partial charge in [-0.2, -0.15) is 5.26 Å². The Labute approximate surface area is 508 Å². The van der Waals surface area contributed by atoms with Gasteiger partial charge in [0, 0.05) is 18.8 Å². The molecule has 39 nitrogen and oxygen atoms in total. The van der Waals surface area contributed by atoms with Crippen molar-refractivity contribution in [1.29, 1.82) is 5.26 Å². The molecule has 1 atom stereocenters. The number of aromatic carboxylic acids is 18. The van der Waals surface area contributed by atoms with Crippen LogP contribution in [0, 0.1) is 11.3 Å². The maximum Gasteiger partial charge on any atom is 0.337 e. The molecule has 4 aromatic rings. The van der Waals surface area contributed by atoms with Gasteiger partial charge < -0.3 is 96.5 Å². The van der Waals surface area contributed by atoms with Crippen LogP contribution in [0.3, 0.4) is 0 Å². The first-order chi connectivity index (χ1) is 42.6. The molecule has 1 heterocycles. The predicted molar refractivity (Wildman–Crippen MR) is 288 cm³/mol. The van der Waals surface area contributed by atoms with Crippen molar-refractivity contribution < 1.29 is 178 Å². The normalized spacial score (nSPS) is 10.5. The molecular formula is C53H47N3O36. The van der Waals surface area contributed by atoms with Crippen LogP contribution in [0.15, 0.2) is 12.4 Å². The summed E-state index contributed by atoms with van der Waals surface area (Å²) in [6.07, 6.45) is 16.8. The molecule has 0 aliphatic carbocycles. The van der Waals surface area contributed by atoms with Gasteiger partial charge >= 0.3 is 107 Å². The number of carboxylic acid groups (broad SMARTS) is 18. The number of rotatable bonds is 29. The average molecular weight is 1300 g/mol. The number of aryl methyl sites for hydroxylation is 1. The number of imidazole rings is 1. The number of carboxylic acids is 18. The summed E-state index contributed by atoms with van der Waals surface area (Å²) < 4.78 is 1.99. The molecule has 4 rings (SSSR count). The zero-order valence-corrected chi connectivity index (χ0v) is 46.5. The van der Waals surface area contributed by atoms with E-state index >= 15 is 0 Å². The molecule has 39 heteroatoms. The van der Waals surface area contributed by atoms with Crippen molar-refractivity contribution in [2.75, 3.05) is 0 Å². The summed E-state index contributed by atoms with van der Waals surface area (Å²) in [5, 5.41) is 171. The molecule has 0 fully saturated rings. The van der Waals surface area contributed by atoms with E-state index in [0.717, 1.165) is 12.2 Å². The highest BCUT2D eigenvalue weighted by Crippen LogP contribution is 2.33. The minimum Gasteiger partial charge on any atom is -0.478 e. The van der Waals surface area contributed by atoms with Gasteiger partial charge in [0.15, 0.2) is 0 Å². The summed E-state index contributed by atoms with van der Waals surface area (Å²) in [6, 6.07) is 2.16. The molecule has 0 radical (unpaired) electrons. The fraction of sp³-hybridized carbons (Fsp3) is 0.245. The van der Waals surface area contributed by atoms with Crippen LogP contribution in [-0.4, -0.2) is 209 Å². The van der Waals surface area contributed by atoms with Gasteiger partial charge in [0.1, 0.15) is 11.9 Å². The maximum atomic E-state index is 11.2. The first-order valence-electron chi connectivity index (χ1n) is 24.9. The van der Waals surface area contributed by atoms with Crippen LogP contribution in [0.1, 0.15) is 270 Å². The van der Waals surface area contributed by atoms with E-state index in [1.807, 2.05) is 17.7 Å². The topological polar surface area (TPSA) is 713 Å². The number of aromatic nitrogens is 2. The minimum absolute atomic E-state index is 0.105. The van der Waals surface area contributed by atoms with E-state index in [0.29, 0.717) is 0 Å². The molecule has 92 heavy (non-hydrogen) atoms. The first kappa shape index (κ1) is 76.8. The lowest BCUT2D eigenvalue weighted by molar-refractivity contribution is 0.0592. The molecular weight excluding hydrogens is 1250 g/mol. The highest BCUT2D eigenvalue weighted by atomic mass is 16.4. The average Bonchev–Trinajstić information content (AvgIpc) is 0.821. The molecule has 0 aliphatic heterocycles. The number of hydrogen-bond donors (Lipinski definition) is 18. The lowest BCUT2D eigenvalue weighted by atomic mass is 9.86. The Morgan fingerprint density at radius 2 is 0.467 bits per heavy atom. The fourth-order valence-corrected chi connectivity index (χ4v) is 8.65. The number of unbranched alkanes of at least 4 members (excludes halogenated alkanes) is 8. The van der Waals surface area contributed by atoms with Crippen LogP contribution in [0.4, 0.5) is 0 Å². The second kappa shape index (κ2) is 33.1. The van der Waals surface area contributed by atoms with Gasteiger partial charge in [0.25, 0.3) is 0 Å². The van der Waals surface area contributed by atoms with E-state index in [-0.39, 0.29) is 6.04 Å². The summed E-state index contributed by atoms with van der Waals surface area (Å²) in [5.41, 5.74) is -29.8. The molecule has 0 spiro atoms. The highest BCUT2D eigenvalue weighted by molar-refractivity contribution is 6.26. The Balaban J connectivity index is 0.000000615. The molecule has 0 aliphatic rings. The lowest BCUT2D eigenvalue weighted by Crippen LogP contribution is -2.27. The molecule has 0 bridgehead atoms. The summed E-state index contributed by atoms with van der Waals surface area (Å²) in [5.74, 6) is -39.6. The van der Waals surface area contributed by atoms with Gasteiger partial charge in [-0.1, -0.05) is 58.3 Å².